The third kappa shape index (κ3) is 2.44. The largest absolute Gasteiger partial charge is 0.330 e. The Bertz CT molecular complexity index is 157. The SMILES string of the molecule is NCC1(CNCC2CC2)CCCC1. The van der Waals surface area contributed by atoms with Crippen molar-refractivity contribution in [3.05, 3.63) is 0 Å². The highest BCUT2D eigenvalue weighted by molar-refractivity contribution is 4.88. The molecule has 0 saturated heterocycles. The third-order valence-corrected chi connectivity index (χ3v) is 3.73. The molecule has 0 aromatic rings. The Morgan fingerprint density at radius 3 is 2.46 bits per heavy atom. The van der Waals surface area contributed by atoms with Crippen LogP contribution in [-0.2, 0) is 0 Å². The van der Waals surface area contributed by atoms with Crippen LogP contribution in [0.3, 0.4) is 0 Å². The van der Waals surface area contributed by atoms with Crippen molar-refractivity contribution < 1.29 is 0 Å². The molecular formula is C11H22N2. The highest BCUT2D eigenvalue weighted by Gasteiger charge is 2.32. The average molecular weight is 182 g/mol. The fourth-order valence-electron chi connectivity index (χ4n) is 2.44. The third-order valence-electron chi connectivity index (χ3n) is 3.73. The fraction of sp³-hybridized carbons (Fsp3) is 1.00. The summed E-state index contributed by atoms with van der Waals surface area (Å²) >= 11 is 0. The number of hydrogen-bond acceptors (Lipinski definition) is 2. The lowest BCUT2D eigenvalue weighted by Gasteiger charge is -2.27. The molecule has 13 heavy (non-hydrogen) atoms. The molecule has 0 atom stereocenters. The van der Waals surface area contributed by atoms with E-state index in [9.17, 15) is 0 Å². The molecule has 0 radical (unpaired) electrons. The second kappa shape index (κ2) is 3.97. The zero-order chi connectivity index (χ0) is 9.15. The van der Waals surface area contributed by atoms with Gasteiger partial charge in [0.15, 0.2) is 0 Å². The molecule has 0 unspecified atom stereocenters. The van der Waals surface area contributed by atoms with E-state index in [1.807, 2.05) is 0 Å². The van der Waals surface area contributed by atoms with E-state index in [0.29, 0.717) is 5.41 Å². The maximum atomic E-state index is 5.86. The monoisotopic (exact) mass is 182 g/mol. The van der Waals surface area contributed by atoms with Gasteiger partial charge in [-0.1, -0.05) is 12.8 Å². The summed E-state index contributed by atoms with van der Waals surface area (Å²) in [4.78, 5) is 0. The van der Waals surface area contributed by atoms with Crippen LogP contribution in [0.25, 0.3) is 0 Å². The van der Waals surface area contributed by atoms with E-state index in [1.54, 1.807) is 0 Å². The van der Waals surface area contributed by atoms with Crippen LogP contribution in [0.1, 0.15) is 38.5 Å². The topological polar surface area (TPSA) is 38.0 Å². The summed E-state index contributed by atoms with van der Waals surface area (Å²) in [5.41, 5.74) is 6.33. The van der Waals surface area contributed by atoms with Crippen LogP contribution in [0, 0.1) is 11.3 Å². The lowest BCUT2D eigenvalue weighted by atomic mass is 9.86. The molecule has 2 rings (SSSR count). The van der Waals surface area contributed by atoms with Gasteiger partial charge in [0.2, 0.25) is 0 Å². The molecule has 2 aliphatic rings. The smallest absolute Gasteiger partial charge is 0.00200 e. The fourth-order valence-corrected chi connectivity index (χ4v) is 2.44. The van der Waals surface area contributed by atoms with Crippen LogP contribution in [0.5, 0.6) is 0 Å². The van der Waals surface area contributed by atoms with Crippen molar-refractivity contribution in [2.24, 2.45) is 17.1 Å². The zero-order valence-electron chi connectivity index (χ0n) is 8.52. The van der Waals surface area contributed by atoms with Crippen molar-refractivity contribution in [2.45, 2.75) is 38.5 Å². The molecular weight excluding hydrogens is 160 g/mol. The Hall–Kier alpha value is -0.0800. The summed E-state index contributed by atoms with van der Waals surface area (Å²) in [5.74, 6) is 0.997. The normalized spacial score (nSPS) is 26.5. The van der Waals surface area contributed by atoms with Crippen LogP contribution in [0.2, 0.25) is 0 Å². The molecule has 0 heterocycles. The number of rotatable bonds is 5. The second-order valence-electron chi connectivity index (χ2n) is 4.99. The first kappa shape index (κ1) is 9.47. The summed E-state index contributed by atoms with van der Waals surface area (Å²) in [6.45, 7) is 3.28. The summed E-state index contributed by atoms with van der Waals surface area (Å²) < 4.78 is 0. The minimum absolute atomic E-state index is 0.467. The van der Waals surface area contributed by atoms with E-state index in [-0.39, 0.29) is 0 Å². The first-order chi connectivity index (χ1) is 6.35. The standard InChI is InChI=1S/C11H22N2/c12-8-11(5-1-2-6-11)9-13-7-10-3-4-10/h10,13H,1-9,12H2. The van der Waals surface area contributed by atoms with Gasteiger partial charge in [-0.15, -0.1) is 0 Å². The molecule has 0 aromatic carbocycles. The van der Waals surface area contributed by atoms with Crippen molar-refractivity contribution in [2.75, 3.05) is 19.6 Å². The lowest BCUT2D eigenvalue weighted by Crippen LogP contribution is -2.38. The zero-order valence-corrected chi connectivity index (χ0v) is 8.52. The Balaban J connectivity index is 1.69. The highest BCUT2D eigenvalue weighted by Crippen LogP contribution is 2.36. The molecule has 76 valence electrons. The van der Waals surface area contributed by atoms with E-state index in [1.165, 1.54) is 51.6 Å². The molecule has 2 heteroatoms. The first-order valence-electron chi connectivity index (χ1n) is 5.75. The van der Waals surface area contributed by atoms with Crippen molar-refractivity contribution >= 4 is 0 Å². The van der Waals surface area contributed by atoms with Crippen LogP contribution in [-0.4, -0.2) is 19.6 Å². The summed E-state index contributed by atoms with van der Waals surface area (Å²) in [6.07, 6.45) is 8.37. The predicted molar refractivity (Wildman–Crippen MR) is 55.5 cm³/mol. The molecule has 0 aliphatic heterocycles. The molecule has 2 saturated carbocycles. The van der Waals surface area contributed by atoms with Gasteiger partial charge in [0, 0.05) is 6.54 Å². The van der Waals surface area contributed by atoms with Gasteiger partial charge in [0.25, 0.3) is 0 Å². The summed E-state index contributed by atoms with van der Waals surface area (Å²) in [6, 6.07) is 0. The Labute approximate surface area is 81.3 Å². The Morgan fingerprint density at radius 1 is 1.23 bits per heavy atom. The van der Waals surface area contributed by atoms with Gasteiger partial charge in [-0.3, -0.25) is 0 Å². The van der Waals surface area contributed by atoms with Gasteiger partial charge in [-0.25, -0.2) is 0 Å². The Kier molecular flexibility index (Phi) is 2.89. The average Bonchev–Trinajstić information content (AvgIpc) is 2.84. The molecule has 0 aromatic heterocycles. The Morgan fingerprint density at radius 2 is 1.92 bits per heavy atom. The van der Waals surface area contributed by atoms with E-state index in [4.69, 9.17) is 5.73 Å². The van der Waals surface area contributed by atoms with E-state index in [2.05, 4.69) is 5.32 Å². The van der Waals surface area contributed by atoms with Crippen molar-refractivity contribution in [1.29, 1.82) is 0 Å². The van der Waals surface area contributed by atoms with Gasteiger partial charge >= 0.3 is 0 Å². The van der Waals surface area contributed by atoms with Gasteiger partial charge in [-0.2, -0.15) is 0 Å². The van der Waals surface area contributed by atoms with Gasteiger partial charge in [0.1, 0.15) is 0 Å². The number of nitrogens with two attached hydrogens (primary N) is 1. The number of hydrogen-bond donors (Lipinski definition) is 2. The second-order valence-corrected chi connectivity index (χ2v) is 4.99. The molecule has 2 aliphatic carbocycles. The van der Waals surface area contributed by atoms with Gasteiger partial charge in [-0.05, 0) is 50.1 Å². The quantitative estimate of drug-likeness (QED) is 0.676. The lowest BCUT2D eigenvalue weighted by molar-refractivity contribution is 0.289. The maximum Gasteiger partial charge on any atom is 0.00200 e. The molecule has 3 N–H and O–H groups in total. The van der Waals surface area contributed by atoms with Crippen molar-refractivity contribution in [3.8, 4) is 0 Å². The van der Waals surface area contributed by atoms with Crippen molar-refractivity contribution in [3.63, 3.8) is 0 Å². The molecule has 0 amide bonds. The van der Waals surface area contributed by atoms with Crippen LogP contribution in [0.4, 0.5) is 0 Å². The van der Waals surface area contributed by atoms with Crippen LogP contribution < -0.4 is 11.1 Å². The predicted octanol–water partition coefficient (Wildman–Crippen LogP) is 1.51. The van der Waals surface area contributed by atoms with Crippen LogP contribution >= 0.6 is 0 Å². The molecule has 2 nitrogen and oxygen atoms in total. The maximum absolute atomic E-state index is 5.86. The van der Waals surface area contributed by atoms with Crippen LogP contribution in [0.15, 0.2) is 0 Å². The van der Waals surface area contributed by atoms with Gasteiger partial charge < -0.3 is 11.1 Å². The van der Waals surface area contributed by atoms with Gasteiger partial charge in [0.05, 0.1) is 0 Å². The summed E-state index contributed by atoms with van der Waals surface area (Å²) in [5, 5.41) is 3.60. The minimum atomic E-state index is 0.467. The van der Waals surface area contributed by atoms with E-state index < -0.39 is 0 Å². The molecule has 0 spiro atoms. The van der Waals surface area contributed by atoms with E-state index in [0.717, 1.165) is 12.5 Å². The summed E-state index contributed by atoms with van der Waals surface area (Å²) in [7, 11) is 0. The highest BCUT2D eigenvalue weighted by atomic mass is 14.9. The van der Waals surface area contributed by atoms with E-state index >= 15 is 0 Å². The molecule has 2 fully saturated rings. The first-order valence-corrected chi connectivity index (χ1v) is 5.75. The minimum Gasteiger partial charge on any atom is -0.330 e. The van der Waals surface area contributed by atoms with Crippen molar-refractivity contribution in [1.82, 2.24) is 5.32 Å². The molecule has 0 bridgehead atoms. The number of nitrogens with one attached hydrogen (secondary N) is 1.